The van der Waals surface area contributed by atoms with Crippen molar-refractivity contribution < 1.29 is 22.8 Å². The Morgan fingerprint density at radius 2 is 1.89 bits per heavy atom. The lowest BCUT2D eigenvalue weighted by Crippen LogP contribution is -2.46. The van der Waals surface area contributed by atoms with Gasteiger partial charge >= 0.3 is 6.18 Å². The fraction of sp³-hybridized carbons (Fsp3) is 0.600. The first-order valence-electron chi connectivity index (χ1n) is 9.83. The Hall–Kier alpha value is -2.09. The summed E-state index contributed by atoms with van der Waals surface area (Å²) in [7, 11) is 0. The summed E-state index contributed by atoms with van der Waals surface area (Å²) in [6.45, 7) is 0.599. The van der Waals surface area contributed by atoms with E-state index in [2.05, 4.69) is 5.32 Å². The summed E-state index contributed by atoms with van der Waals surface area (Å²) in [5.41, 5.74) is 4.91. The fourth-order valence-electron chi connectivity index (χ4n) is 4.14. The molecule has 1 aromatic carbocycles. The van der Waals surface area contributed by atoms with E-state index in [0.29, 0.717) is 19.4 Å². The van der Waals surface area contributed by atoms with Crippen molar-refractivity contribution in [1.82, 2.24) is 5.32 Å². The molecule has 8 heteroatoms. The molecular weight excluding hydrogens is 371 g/mol. The monoisotopic (exact) mass is 397 g/mol. The molecule has 1 heterocycles. The molecule has 3 N–H and O–H groups in total. The van der Waals surface area contributed by atoms with Crippen LogP contribution in [-0.2, 0) is 11.0 Å². The molecule has 154 valence electrons. The van der Waals surface area contributed by atoms with Gasteiger partial charge in [-0.05, 0) is 43.4 Å². The molecule has 0 aromatic heterocycles. The second-order valence-electron chi connectivity index (χ2n) is 7.63. The maximum atomic E-state index is 13.4. The average molecular weight is 397 g/mol. The maximum Gasteiger partial charge on any atom is 0.416 e. The minimum atomic E-state index is -4.61. The number of halogens is 3. The SMILES string of the molecule is NCC(NC(=O)c1cc(N2CCCC2=O)cc(C(F)(F)F)c1)C1CCCCC1. The van der Waals surface area contributed by atoms with Crippen molar-refractivity contribution in [3.05, 3.63) is 29.3 Å². The summed E-state index contributed by atoms with van der Waals surface area (Å²) in [6, 6.07) is 2.87. The van der Waals surface area contributed by atoms with Crippen LogP contribution >= 0.6 is 0 Å². The van der Waals surface area contributed by atoms with Crippen molar-refractivity contribution in [2.24, 2.45) is 11.7 Å². The number of nitrogens with zero attached hydrogens (tertiary/aromatic N) is 1. The third kappa shape index (κ3) is 4.66. The summed E-state index contributed by atoms with van der Waals surface area (Å²) in [4.78, 5) is 26.0. The smallest absolute Gasteiger partial charge is 0.348 e. The van der Waals surface area contributed by atoms with Crippen molar-refractivity contribution in [3.8, 4) is 0 Å². The largest absolute Gasteiger partial charge is 0.416 e. The van der Waals surface area contributed by atoms with Gasteiger partial charge in [0.15, 0.2) is 0 Å². The average Bonchev–Trinajstić information content (AvgIpc) is 3.11. The Morgan fingerprint density at radius 1 is 1.18 bits per heavy atom. The van der Waals surface area contributed by atoms with E-state index in [0.717, 1.165) is 44.2 Å². The Morgan fingerprint density at radius 3 is 2.46 bits per heavy atom. The Labute approximate surface area is 162 Å². The number of carbonyl (C=O) groups is 2. The van der Waals surface area contributed by atoms with Crippen molar-refractivity contribution >= 4 is 17.5 Å². The molecule has 1 atom stereocenters. The topological polar surface area (TPSA) is 75.4 Å². The predicted molar refractivity (Wildman–Crippen MR) is 99.9 cm³/mol. The third-order valence-electron chi connectivity index (χ3n) is 5.68. The molecule has 0 spiro atoms. The molecule has 1 aliphatic heterocycles. The van der Waals surface area contributed by atoms with Crippen LogP contribution in [-0.4, -0.2) is 30.9 Å². The summed E-state index contributed by atoms with van der Waals surface area (Å²) < 4.78 is 40.1. The van der Waals surface area contributed by atoms with Gasteiger partial charge in [0.05, 0.1) is 5.56 Å². The number of nitrogens with two attached hydrogens (primary N) is 1. The fourth-order valence-corrected chi connectivity index (χ4v) is 4.14. The quantitative estimate of drug-likeness (QED) is 0.799. The molecule has 1 unspecified atom stereocenters. The van der Waals surface area contributed by atoms with Crippen molar-refractivity contribution in [3.63, 3.8) is 0 Å². The van der Waals surface area contributed by atoms with Crippen LogP contribution < -0.4 is 16.0 Å². The van der Waals surface area contributed by atoms with Crippen LogP contribution in [0.5, 0.6) is 0 Å². The van der Waals surface area contributed by atoms with Gasteiger partial charge in [0.2, 0.25) is 5.91 Å². The van der Waals surface area contributed by atoms with Gasteiger partial charge in [-0.2, -0.15) is 13.2 Å². The number of hydrogen-bond acceptors (Lipinski definition) is 3. The molecule has 2 amide bonds. The highest BCUT2D eigenvalue weighted by atomic mass is 19.4. The summed E-state index contributed by atoms with van der Waals surface area (Å²) >= 11 is 0. The van der Waals surface area contributed by atoms with E-state index in [4.69, 9.17) is 5.73 Å². The third-order valence-corrected chi connectivity index (χ3v) is 5.68. The number of hydrogen-bond donors (Lipinski definition) is 2. The van der Waals surface area contributed by atoms with Crippen molar-refractivity contribution in [2.45, 2.75) is 57.2 Å². The second kappa shape index (κ2) is 8.51. The molecule has 2 fully saturated rings. The van der Waals surface area contributed by atoms with Crippen LogP contribution in [0.15, 0.2) is 18.2 Å². The lowest BCUT2D eigenvalue weighted by Gasteiger charge is -2.30. The Kier molecular flexibility index (Phi) is 6.27. The van der Waals surface area contributed by atoms with Crippen molar-refractivity contribution in [2.75, 3.05) is 18.0 Å². The van der Waals surface area contributed by atoms with Crippen molar-refractivity contribution in [1.29, 1.82) is 0 Å². The van der Waals surface area contributed by atoms with Crippen LogP contribution in [0, 0.1) is 5.92 Å². The van der Waals surface area contributed by atoms with Crippen LogP contribution in [0.4, 0.5) is 18.9 Å². The standard InChI is InChI=1S/C20H26F3N3O2/c21-20(22,23)15-9-14(10-16(11-15)26-8-4-7-18(26)27)19(28)25-17(12-24)13-5-2-1-3-6-13/h9-11,13,17H,1-8,12,24H2,(H,25,28). The number of benzene rings is 1. The van der Waals surface area contributed by atoms with Gasteiger partial charge in [-0.25, -0.2) is 0 Å². The zero-order valence-electron chi connectivity index (χ0n) is 15.7. The van der Waals surface area contributed by atoms with E-state index < -0.39 is 17.6 Å². The van der Waals surface area contributed by atoms with E-state index in [-0.39, 0.29) is 35.7 Å². The van der Waals surface area contributed by atoms with E-state index in [1.807, 2.05) is 0 Å². The number of anilines is 1. The highest BCUT2D eigenvalue weighted by Crippen LogP contribution is 2.34. The van der Waals surface area contributed by atoms with Gasteiger partial charge in [0.1, 0.15) is 0 Å². The minimum absolute atomic E-state index is 0.0983. The first-order chi connectivity index (χ1) is 13.3. The molecule has 1 saturated heterocycles. The maximum absolute atomic E-state index is 13.4. The van der Waals surface area contributed by atoms with Gasteiger partial charge in [-0.15, -0.1) is 0 Å². The van der Waals surface area contributed by atoms with Crippen LogP contribution in [0.3, 0.4) is 0 Å². The van der Waals surface area contributed by atoms with Gasteiger partial charge in [0.25, 0.3) is 5.91 Å². The normalized spacial score (nSPS) is 19.7. The van der Waals surface area contributed by atoms with Gasteiger partial charge < -0.3 is 16.0 Å². The molecule has 1 aliphatic carbocycles. The van der Waals surface area contributed by atoms with E-state index >= 15 is 0 Å². The molecule has 1 saturated carbocycles. The second-order valence-corrected chi connectivity index (χ2v) is 7.63. The highest BCUT2D eigenvalue weighted by Gasteiger charge is 2.34. The number of alkyl halides is 3. The zero-order valence-corrected chi connectivity index (χ0v) is 15.7. The minimum Gasteiger partial charge on any atom is -0.348 e. The van der Waals surface area contributed by atoms with Crippen LogP contribution in [0.1, 0.15) is 60.9 Å². The molecule has 28 heavy (non-hydrogen) atoms. The molecule has 1 aromatic rings. The first-order valence-corrected chi connectivity index (χ1v) is 9.83. The molecule has 0 bridgehead atoms. The van der Waals surface area contributed by atoms with E-state index in [1.165, 1.54) is 11.0 Å². The van der Waals surface area contributed by atoms with Gasteiger partial charge in [0, 0.05) is 36.8 Å². The van der Waals surface area contributed by atoms with Gasteiger partial charge in [-0.3, -0.25) is 9.59 Å². The Bertz CT molecular complexity index is 730. The summed E-state index contributed by atoms with van der Waals surface area (Å²) in [5, 5.41) is 2.83. The van der Waals surface area contributed by atoms with E-state index in [1.54, 1.807) is 0 Å². The molecular formula is C20H26F3N3O2. The van der Waals surface area contributed by atoms with Crippen LogP contribution in [0.2, 0.25) is 0 Å². The van der Waals surface area contributed by atoms with Crippen LogP contribution in [0.25, 0.3) is 0 Å². The molecule has 5 nitrogen and oxygen atoms in total. The predicted octanol–water partition coefficient (Wildman–Crippen LogP) is 3.47. The lowest BCUT2D eigenvalue weighted by atomic mass is 9.84. The zero-order chi connectivity index (χ0) is 20.3. The lowest BCUT2D eigenvalue weighted by molar-refractivity contribution is -0.137. The molecule has 3 rings (SSSR count). The molecule has 0 radical (unpaired) electrons. The summed E-state index contributed by atoms with van der Waals surface area (Å²) in [6.07, 6.45) is 1.50. The first kappa shape index (κ1) is 20.6. The highest BCUT2D eigenvalue weighted by molar-refractivity contribution is 5.99. The Balaban J connectivity index is 1.86. The number of amides is 2. The number of carbonyl (C=O) groups excluding carboxylic acids is 2. The number of rotatable bonds is 5. The van der Waals surface area contributed by atoms with Gasteiger partial charge in [-0.1, -0.05) is 19.3 Å². The summed E-state index contributed by atoms with van der Waals surface area (Å²) in [5.74, 6) is -0.569. The van der Waals surface area contributed by atoms with E-state index in [9.17, 15) is 22.8 Å². The molecule has 2 aliphatic rings. The number of nitrogens with one attached hydrogen (secondary N) is 1.